The summed E-state index contributed by atoms with van der Waals surface area (Å²) in [7, 11) is -10.3. The summed E-state index contributed by atoms with van der Waals surface area (Å²) in [6, 6.07) is 3.04. The normalized spacial score (nSPS) is 13.4. The molecule has 1 aromatic rings. The zero-order chi connectivity index (χ0) is 16.6. The summed E-state index contributed by atoms with van der Waals surface area (Å²) < 4.78 is 83.1. The van der Waals surface area contributed by atoms with E-state index < -0.39 is 32.1 Å². The van der Waals surface area contributed by atoms with E-state index in [-0.39, 0.29) is 16.0 Å². The van der Waals surface area contributed by atoms with Crippen molar-refractivity contribution in [2.45, 2.75) is 30.9 Å². The fraction of sp³-hybridized carbons (Fsp3) is 0.455. The predicted molar refractivity (Wildman–Crippen MR) is 70.3 cm³/mol. The van der Waals surface area contributed by atoms with Crippen molar-refractivity contribution in [2.75, 3.05) is 6.61 Å². The maximum atomic E-state index is 13.0. The van der Waals surface area contributed by atoms with Crippen molar-refractivity contribution in [1.82, 2.24) is 0 Å². The molecule has 0 fully saturated rings. The molecule has 0 amide bonds. The van der Waals surface area contributed by atoms with Crippen molar-refractivity contribution >= 4 is 20.2 Å². The summed E-state index contributed by atoms with van der Waals surface area (Å²) >= 11 is 0. The number of alkyl halides is 2. The van der Waals surface area contributed by atoms with E-state index in [0.29, 0.717) is 0 Å². The van der Waals surface area contributed by atoms with Gasteiger partial charge >= 0.3 is 15.4 Å². The molecular weight excluding hydrogens is 330 g/mol. The van der Waals surface area contributed by atoms with Crippen LogP contribution in [0.25, 0.3) is 0 Å². The largest absolute Gasteiger partial charge is 0.393 e. The van der Waals surface area contributed by atoms with E-state index >= 15 is 0 Å². The summed E-state index contributed by atoms with van der Waals surface area (Å²) in [4.78, 5) is -0.306. The summed E-state index contributed by atoms with van der Waals surface area (Å²) in [5.41, 5.74) is 1.33. The second kappa shape index (κ2) is 5.59. The molecule has 0 saturated heterocycles. The Morgan fingerprint density at radius 1 is 1.10 bits per heavy atom. The highest BCUT2D eigenvalue weighted by Gasteiger charge is 2.46. The zero-order valence-electron chi connectivity index (χ0n) is 11.4. The molecule has 0 aliphatic heterocycles. The van der Waals surface area contributed by atoms with Crippen molar-refractivity contribution in [3.63, 3.8) is 0 Å². The van der Waals surface area contributed by atoms with Gasteiger partial charge in [-0.3, -0.25) is 8.74 Å². The SMILES string of the molecule is Cc1cc(C)c(S(=O)(=O)OCC(F)(F)S(=O)(=O)O)c(C)c1. The molecule has 21 heavy (non-hydrogen) atoms. The Morgan fingerprint density at radius 3 is 1.90 bits per heavy atom. The van der Waals surface area contributed by atoms with Gasteiger partial charge < -0.3 is 0 Å². The summed E-state index contributed by atoms with van der Waals surface area (Å²) in [6.45, 7) is 2.64. The van der Waals surface area contributed by atoms with Crippen molar-refractivity contribution in [3.8, 4) is 0 Å². The van der Waals surface area contributed by atoms with E-state index in [2.05, 4.69) is 4.18 Å². The molecule has 0 spiro atoms. The number of hydrogen-bond donors (Lipinski definition) is 1. The molecule has 0 heterocycles. The summed E-state index contributed by atoms with van der Waals surface area (Å²) in [5, 5.41) is -4.72. The van der Waals surface area contributed by atoms with Crippen LogP contribution in [0.2, 0.25) is 0 Å². The fourth-order valence-corrected chi connectivity index (χ4v) is 3.45. The lowest BCUT2D eigenvalue weighted by molar-refractivity contribution is 0.0311. The Balaban J connectivity index is 3.16. The first kappa shape index (κ1) is 18.0. The van der Waals surface area contributed by atoms with E-state index in [9.17, 15) is 25.6 Å². The molecule has 1 aromatic carbocycles. The number of rotatable bonds is 5. The van der Waals surface area contributed by atoms with Gasteiger partial charge in [-0.2, -0.15) is 25.6 Å². The van der Waals surface area contributed by atoms with Gasteiger partial charge in [0.15, 0.2) is 0 Å². The van der Waals surface area contributed by atoms with Crippen LogP contribution < -0.4 is 0 Å². The van der Waals surface area contributed by atoms with Crippen LogP contribution in [0.4, 0.5) is 8.78 Å². The van der Waals surface area contributed by atoms with E-state index in [4.69, 9.17) is 4.55 Å². The van der Waals surface area contributed by atoms with Crippen LogP contribution >= 0.6 is 0 Å². The van der Waals surface area contributed by atoms with Crippen LogP contribution in [0.5, 0.6) is 0 Å². The van der Waals surface area contributed by atoms with Crippen molar-refractivity contribution in [3.05, 3.63) is 28.8 Å². The first-order chi connectivity index (χ1) is 9.28. The van der Waals surface area contributed by atoms with Gasteiger partial charge in [-0.05, 0) is 31.9 Å². The predicted octanol–water partition coefficient (Wildman–Crippen LogP) is 1.80. The van der Waals surface area contributed by atoms with E-state index in [0.717, 1.165) is 5.56 Å². The lowest BCUT2D eigenvalue weighted by Gasteiger charge is -2.15. The highest BCUT2D eigenvalue weighted by atomic mass is 32.2. The van der Waals surface area contributed by atoms with Crippen molar-refractivity contribution in [2.24, 2.45) is 0 Å². The number of halogens is 2. The molecule has 120 valence electrons. The quantitative estimate of drug-likeness (QED) is 0.646. The third-order valence-electron chi connectivity index (χ3n) is 2.61. The van der Waals surface area contributed by atoms with Gasteiger partial charge in [0, 0.05) is 0 Å². The molecular formula is C11H14F2O6S2. The van der Waals surface area contributed by atoms with Gasteiger partial charge in [0.25, 0.3) is 10.1 Å². The van der Waals surface area contributed by atoms with Crippen LogP contribution in [-0.4, -0.2) is 33.2 Å². The monoisotopic (exact) mass is 344 g/mol. The molecule has 0 aliphatic rings. The van der Waals surface area contributed by atoms with Crippen LogP contribution in [-0.2, 0) is 24.4 Å². The lowest BCUT2D eigenvalue weighted by Crippen LogP contribution is -2.34. The average Bonchev–Trinajstić information content (AvgIpc) is 2.23. The molecule has 0 unspecified atom stereocenters. The Kier molecular flexibility index (Phi) is 4.78. The van der Waals surface area contributed by atoms with Gasteiger partial charge in [-0.25, -0.2) is 0 Å². The maximum absolute atomic E-state index is 13.0. The lowest BCUT2D eigenvalue weighted by atomic mass is 10.1. The molecule has 0 bridgehead atoms. The molecule has 1 N–H and O–H groups in total. The molecule has 0 atom stereocenters. The van der Waals surface area contributed by atoms with Crippen LogP contribution in [0.1, 0.15) is 16.7 Å². The molecule has 1 rings (SSSR count). The minimum absolute atomic E-state index is 0.280. The Hall–Kier alpha value is -1.10. The first-order valence-corrected chi connectivity index (χ1v) is 8.45. The van der Waals surface area contributed by atoms with Gasteiger partial charge in [-0.15, -0.1) is 0 Å². The number of hydrogen-bond acceptors (Lipinski definition) is 5. The standard InChI is InChI=1S/C11H14F2O6S2/c1-7-4-8(2)10(9(3)5-7)20(14,15)19-6-11(12,13)21(16,17)18/h4-5H,6H2,1-3H3,(H,16,17,18). The average molecular weight is 344 g/mol. The van der Waals surface area contributed by atoms with Crippen LogP contribution in [0, 0.1) is 20.8 Å². The van der Waals surface area contributed by atoms with Crippen molar-refractivity contribution in [1.29, 1.82) is 0 Å². The van der Waals surface area contributed by atoms with Crippen molar-refractivity contribution < 1.29 is 34.4 Å². The highest BCUT2D eigenvalue weighted by Crippen LogP contribution is 2.27. The van der Waals surface area contributed by atoms with E-state index in [1.165, 1.54) is 26.0 Å². The Bertz CT molecular complexity index is 730. The summed E-state index contributed by atoms with van der Waals surface area (Å²) in [5.74, 6) is 0. The maximum Gasteiger partial charge on any atom is 0.393 e. The topological polar surface area (TPSA) is 97.7 Å². The molecule has 0 aliphatic carbocycles. The van der Waals surface area contributed by atoms with Gasteiger partial charge in [-0.1, -0.05) is 17.7 Å². The molecule has 0 saturated carbocycles. The molecule has 0 radical (unpaired) electrons. The van der Waals surface area contributed by atoms with Gasteiger partial charge in [0.2, 0.25) is 0 Å². The minimum atomic E-state index is -5.76. The first-order valence-electron chi connectivity index (χ1n) is 5.60. The zero-order valence-corrected chi connectivity index (χ0v) is 13.1. The molecule has 6 nitrogen and oxygen atoms in total. The Morgan fingerprint density at radius 2 is 1.52 bits per heavy atom. The number of aryl methyl sites for hydroxylation is 3. The summed E-state index contributed by atoms with van der Waals surface area (Å²) in [6.07, 6.45) is 0. The second-order valence-electron chi connectivity index (χ2n) is 4.56. The van der Waals surface area contributed by atoms with Crippen LogP contribution in [0.3, 0.4) is 0 Å². The Labute approximate surface area is 121 Å². The fourth-order valence-electron chi connectivity index (χ4n) is 1.84. The number of benzene rings is 1. The third-order valence-corrected chi connectivity index (χ3v) is 5.06. The van der Waals surface area contributed by atoms with E-state index in [1.54, 1.807) is 6.92 Å². The van der Waals surface area contributed by atoms with Gasteiger partial charge in [0.1, 0.15) is 6.61 Å². The third kappa shape index (κ3) is 3.96. The molecule has 0 aromatic heterocycles. The van der Waals surface area contributed by atoms with Gasteiger partial charge in [0.05, 0.1) is 4.90 Å². The second-order valence-corrected chi connectivity index (χ2v) is 7.66. The minimum Gasteiger partial charge on any atom is -0.281 e. The highest BCUT2D eigenvalue weighted by molar-refractivity contribution is 7.87. The van der Waals surface area contributed by atoms with E-state index in [1.807, 2.05) is 0 Å². The molecule has 10 heteroatoms. The van der Waals surface area contributed by atoms with Crippen LogP contribution in [0.15, 0.2) is 17.0 Å². The smallest absolute Gasteiger partial charge is 0.281 e.